The van der Waals surface area contributed by atoms with E-state index in [0.717, 1.165) is 16.3 Å². The number of hydrogen-bond acceptors (Lipinski definition) is 2. The molecular formula is C18H18BrF2NO2. The normalized spacial score (nSPS) is 10.5. The van der Waals surface area contributed by atoms with Gasteiger partial charge in [-0.15, -0.1) is 0 Å². The third-order valence-corrected chi connectivity index (χ3v) is 4.13. The van der Waals surface area contributed by atoms with Crippen molar-refractivity contribution in [1.82, 2.24) is 4.90 Å². The molecule has 0 radical (unpaired) electrons. The van der Waals surface area contributed by atoms with E-state index in [2.05, 4.69) is 15.9 Å². The van der Waals surface area contributed by atoms with E-state index in [-0.39, 0.29) is 18.0 Å². The van der Waals surface area contributed by atoms with Crippen molar-refractivity contribution in [3.63, 3.8) is 0 Å². The van der Waals surface area contributed by atoms with Gasteiger partial charge in [0.25, 0.3) is 0 Å². The summed E-state index contributed by atoms with van der Waals surface area (Å²) in [6, 6.07) is 10.8. The van der Waals surface area contributed by atoms with Gasteiger partial charge in [-0.1, -0.05) is 18.2 Å². The van der Waals surface area contributed by atoms with Gasteiger partial charge in [-0.25, -0.2) is 8.78 Å². The maximum atomic E-state index is 13.6. The van der Waals surface area contributed by atoms with Gasteiger partial charge in [-0.3, -0.25) is 4.79 Å². The van der Waals surface area contributed by atoms with E-state index in [0.29, 0.717) is 19.4 Å². The van der Waals surface area contributed by atoms with Gasteiger partial charge in [0.2, 0.25) is 5.91 Å². The largest absolute Gasteiger partial charge is 0.492 e. The van der Waals surface area contributed by atoms with Crippen molar-refractivity contribution in [3.05, 3.63) is 64.1 Å². The minimum atomic E-state index is -0.646. The van der Waals surface area contributed by atoms with Crippen LogP contribution in [-0.2, 0) is 11.3 Å². The van der Waals surface area contributed by atoms with Crippen LogP contribution in [0.4, 0.5) is 8.78 Å². The van der Waals surface area contributed by atoms with E-state index in [1.54, 1.807) is 7.05 Å². The Kier molecular flexibility index (Phi) is 6.73. The molecule has 0 aromatic heterocycles. The molecule has 2 aromatic carbocycles. The third kappa shape index (κ3) is 5.30. The molecule has 2 rings (SSSR count). The summed E-state index contributed by atoms with van der Waals surface area (Å²) in [4.78, 5) is 13.5. The second kappa shape index (κ2) is 8.78. The molecule has 0 saturated carbocycles. The first-order chi connectivity index (χ1) is 11.5. The zero-order chi connectivity index (χ0) is 17.5. The van der Waals surface area contributed by atoms with Crippen molar-refractivity contribution >= 4 is 21.8 Å². The Morgan fingerprint density at radius 3 is 2.67 bits per heavy atom. The highest BCUT2D eigenvalue weighted by Gasteiger charge is 2.12. The number of rotatable bonds is 7. The van der Waals surface area contributed by atoms with Crippen LogP contribution in [0.15, 0.2) is 46.9 Å². The number of nitrogens with zero attached hydrogens (tertiary/aromatic N) is 1. The number of amides is 1. The van der Waals surface area contributed by atoms with Crippen LogP contribution >= 0.6 is 15.9 Å². The average molecular weight is 398 g/mol. The van der Waals surface area contributed by atoms with Gasteiger partial charge in [0.15, 0.2) is 0 Å². The summed E-state index contributed by atoms with van der Waals surface area (Å²) >= 11 is 3.39. The first-order valence-corrected chi connectivity index (χ1v) is 8.32. The maximum Gasteiger partial charge on any atom is 0.222 e. The molecule has 0 aliphatic carbocycles. The van der Waals surface area contributed by atoms with Gasteiger partial charge in [0.05, 0.1) is 11.1 Å². The van der Waals surface area contributed by atoms with E-state index in [1.807, 2.05) is 24.3 Å². The lowest BCUT2D eigenvalue weighted by molar-refractivity contribution is -0.130. The summed E-state index contributed by atoms with van der Waals surface area (Å²) in [5, 5.41) is 0. The second-order valence-electron chi connectivity index (χ2n) is 5.37. The fourth-order valence-corrected chi connectivity index (χ4v) is 2.55. The molecule has 0 saturated heterocycles. The van der Waals surface area contributed by atoms with Crippen LogP contribution in [0.25, 0.3) is 0 Å². The Bertz CT molecular complexity index is 709. The highest BCUT2D eigenvalue weighted by Crippen LogP contribution is 2.23. The van der Waals surface area contributed by atoms with Gasteiger partial charge in [0.1, 0.15) is 17.4 Å². The monoisotopic (exact) mass is 397 g/mol. The van der Waals surface area contributed by atoms with E-state index in [1.165, 1.54) is 17.0 Å². The Balaban J connectivity index is 1.76. The van der Waals surface area contributed by atoms with E-state index in [4.69, 9.17) is 4.74 Å². The minimum Gasteiger partial charge on any atom is -0.492 e. The number of hydrogen-bond donors (Lipinski definition) is 0. The standard InChI is InChI=1S/C18H18BrF2NO2/c1-22(12-13-8-9-14(20)11-16(13)21)18(23)7-4-10-24-17-6-3-2-5-15(17)19/h2-3,5-6,8-9,11H,4,7,10,12H2,1H3. The summed E-state index contributed by atoms with van der Waals surface area (Å²) < 4.78 is 32.9. The van der Waals surface area contributed by atoms with Crippen LogP contribution < -0.4 is 4.74 Å². The third-order valence-electron chi connectivity index (χ3n) is 3.48. The van der Waals surface area contributed by atoms with Gasteiger partial charge in [-0.05, 0) is 40.5 Å². The van der Waals surface area contributed by atoms with Gasteiger partial charge in [-0.2, -0.15) is 0 Å². The Hall–Kier alpha value is -1.95. The lowest BCUT2D eigenvalue weighted by Crippen LogP contribution is -2.26. The van der Waals surface area contributed by atoms with E-state index >= 15 is 0 Å². The molecule has 0 aliphatic heterocycles. The molecule has 6 heteroatoms. The first-order valence-electron chi connectivity index (χ1n) is 7.52. The smallest absolute Gasteiger partial charge is 0.222 e. The minimum absolute atomic E-state index is 0.107. The number of ether oxygens (including phenoxy) is 1. The number of benzene rings is 2. The van der Waals surface area contributed by atoms with Crippen LogP contribution in [0.1, 0.15) is 18.4 Å². The summed E-state index contributed by atoms with van der Waals surface area (Å²) in [7, 11) is 1.60. The zero-order valence-electron chi connectivity index (χ0n) is 13.3. The Morgan fingerprint density at radius 2 is 1.96 bits per heavy atom. The molecule has 0 bridgehead atoms. The number of halogens is 3. The molecule has 1 amide bonds. The molecule has 24 heavy (non-hydrogen) atoms. The molecule has 0 spiro atoms. The quantitative estimate of drug-likeness (QED) is 0.641. The predicted molar refractivity (Wildman–Crippen MR) is 91.7 cm³/mol. The van der Waals surface area contributed by atoms with Crippen molar-refractivity contribution < 1.29 is 18.3 Å². The number of carbonyl (C=O) groups is 1. The highest BCUT2D eigenvalue weighted by atomic mass is 79.9. The summed E-state index contributed by atoms with van der Waals surface area (Å²) in [6.07, 6.45) is 0.847. The van der Waals surface area contributed by atoms with E-state index in [9.17, 15) is 13.6 Å². The second-order valence-corrected chi connectivity index (χ2v) is 6.22. The Labute approximate surface area is 148 Å². The highest BCUT2D eigenvalue weighted by molar-refractivity contribution is 9.10. The molecule has 2 aromatic rings. The molecule has 0 unspecified atom stereocenters. The van der Waals surface area contributed by atoms with E-state index < -0.39 is 11.6 Å². The zero-order valence-corrected chi connectivity index (χ0v) is 14.9. The van der Waals surface area contributed by atoms with Gasteiger partial charge >= 0.3 is 0 Å². The summed E-state index contributed by atoms with van der Waals surface area (Å²) in [5.74, 6) is -0.664. The first kappa shape index (κ1) is 18.4. The van der Waals surface area contributed by atoms with Crippen molar-refractivity contribution in [1.29, 1.82) is 0 Å². The average Bonchev–Trinajstić information content (AvgIpc) is 2.55. The molecule has 0 atom stereocenters. The predicted octanol–water partition coefficient (Wildman–Crippen LogP) is 4.54. The topological polar surface area (TPSA) is 29.5 Å². The fraction of sp³-hybridized carbons (Fsp3) is 0.278. The van der Waals surface area contributed by atoms with Crippen LogP contribution in [0.5, 0.6) is 5.75 Å². The van der Waals surface area contributed by atoms with Crippen molar-refractivity contribution in [2.45, 2.75) is 19.4 Å². The SMILES string of the molecule is CN(Cc1ccc(F)cc1F)C(=O)CCCOc1ccccc1Br. The van der Waals surface area contributed by atoms with Crippen LogP contribution in [0.3, 0.4) is 0 Å². The van der Waals surface area contributed by atoms with Crippen molar-refractivity contribution in [3.8, 4) is 5.75 Å². The number of para-hydroxylation sites is 1. The molecule has 0 N–H and O–H groups in total. The molecule has 128 valence electrons. The molecule has 0 heterocycles. The van der Waals surface area contributed by atoms with Crippen molar-refractivity contribution in [2.75, 3.05) is 13.7 Å². The van der Waals surface area contributed by atoms with Crippen LogP contribution in [0.2, 0.25) is 0 Å². The lowest BCUT2D eigenvalue weighted by Gasteiger charge is -2.18. The molecular weight excluding hydrogens is 380 g/mol. The lowest BCUT2D eigenvalue weighted by atomic mass is 10.2. The Morgan fingerprint density at radius 1 is 1.21 bits per heavy atom. The molecule has 0 fully saturated rings. The van der Waals surface area contributed by atoms with Gasteiger partial charge in [0, 0.05) is 31.6 Å². The fourth-order valence-electron chi connectivity index (χ4n) is 2.15. The van der Waals surface area contributed by atoms with Gasteiger partial charge < -0.3 is 9.64 Å². The molecule has 0 aliphatic rings. The molecule has 3 nitrogen and oxygen atoms in total. The van der Waals surface area contributed by atoms with Crippen LogP contribution in [-0.4, -0.2) is 24.5 Å². The summed E-state index contributed by atoms with van der Waals surface area (Å²) in [5.41, 5.74) is 0.289. The number of carbonyl (C=O) groups excluding carboxylic acids is 1. The van der Waals surface area contributed by atoms with Crippen molar-refractivity contribution in [2.24, 2.45) is 0 Å². The maximum absolute atomic E-state index is 13.6. The van der Waals surface area contributed by atoms with Crippen LogP contribution in [0, 0.1) is 11.6 Å². The summed E-state index contributed by atoms with van der Waals surface area (Å²) in [6.45, 7) is 0.517.